The highest BCUT2D eigenvalue weighted by molar-refractivity contribution is 9.10. The van der Waals surface area contributed by atoms with Crippen LogP contribution in [0.25, 0.3) is 6.08 Å². The van der Waals surface area contributed by atoms with E-state index in [0.717, 1.165) is 10.0 Å². The summed E-state index contributed by atoms with van der Waals surface area (Å²) in [5, 5.41) is 0. The van der Waals surface area contributed by atoms with Crippen LogP contribution < -0.4 is 14.2 Å². The first-order valence-corrected chi connectivity index (χ1v) is 10.2. The Kier molecular flexibility index (Phi) is 6.93. The maximum absolute atomic E-state index is 12.3. The van der Waals surface area contributed by atoms with Gasteiger partial charge in [0, 0.05) is 10.0 Å². The number of benzene rings is 2. The maximum Gasteiger partial charge on any atom is 0.363 e. The number of ether oxygens (including phenoxy) is 4. The van der Waals surface area contributed by atoms with Crippen LogP contribution in [0.15, 0.2) is 51.6 Å². The Morgan fingerprint density at radius 2 is 1.55 bits per heavy atom. The standard InChI is InChI=1S/C22H22BrNO5/c1-4-26-18-12-15(13-19(27-5-2)20(18)28-6-3)21-24-17(22(25)29-21)11-14-7-9-16(23)10-8-14/h7-13H,4-6H2,1-3H3/b17-11-. The second-order valence-corrected chi connectivity index (χ2v) is 6.90. The van der Waals surface area contributed by atoms with Gasteiger partial charge in [-0.15, -0.1) is 0 Å². The summed E-state index contributed by atoms with van der Waals surface area (Å²) >= 11 is 3.39. The fourth-order valence-corrected chi connectivity index (χ4v) is 3.03. The number of halogens is 1. The number of rotatable bonds is 8. The highest BCUT2D eigenvalue weighted by Crippen LogP contribution is 2.40. The van der Waals surface area contributed by atoms with Crippen molar-refractivity contribution < 1.29 is 23.7 Å². The molecule has 3 rings (SSSR count). The molecule has 2 aromatic carbocycles. The number of carbonyl (C=O) groups excluding carboxylic acids is 1. The Morgan fingerprint density at radius 1 is 0.966 bits per heavy atom. The number of carbonyl (C=O) groups is 1. The van der Waals surface area contributed by atoms with Gasteiger partial charge in [-0.2, -0.15) is 0 Å². The van der Waals surface area contributed by atoms with E-state index in [4.69, 9.17) is 18.9 Å². The van der Waals surface area contributed by atoms with Crippen molar-refractivity contribution in [2.24, 2.45) is 4.99 Å². The van der Waals surface area contributed by atoms with Gasteiger partial charge in [0.15, 0.2) is 17.2 Å². The molecule has 0 aliphatic carbocycles. The molecule has 0 bridgehead atoms. The van der Waals surface area contributed by atoms with Crippen molar-refractivity contribution in [1.29, 1.82) is 0 Å². The molecule has 0 amide bonds. The molecule has 1 heterocycles. The van der Waals surface area contributed by atoms with Gasteiger partial charge in [-0.25, -0.2) is 9.79 Å². The fourth-order valence-electron chi connectivity index (χ4n) is 2.76. The number of cyclic esters (lactones) is 1. The van der Waals surface area contributed by atoms with Crippen molar-refractivity contribution in [3.05, 3.63) is 57.7 Å². The summed E-state index contributed by atoms with van der Waals surface area (Å²) in [5.41, 5.74) is 1.65. The summed E-state index contributed by atoms with van der Waals surface area (Å²) < 4.78 is 23.5. The highest BCUT2D eigenvalue weighted by Gasteiger charge is 2.26. The van der Waals surface area contributed by atoms with Crippen LogP contribution in [0.4, 0.5) is 0 Å². The van der Waals surface area contributed by atoms with Crippen molar-refractivity contribution >= 4 is 33.9 Å². The molecule has 1 aliphatic heterocycles. The lowest BCUT2D eigenvalue weighted by molar-refractivity contribution is -0.129. The van der Waals surface area contributed by atoms with Crippen molar-refractivity contribution in [3.8, 4) is 17.2 Å². The molecule has 0 saturated carbocycles. The summed E-state index contributed by atoms with van der Waals surface area (Å²) in [6, 6.07) is 11.0. The quantitative estimate of drug-likeness (QED) is 0.410. The zero-order valence-electron chi connectivity index (χ0n) is 16.5. The summed E-state index contributed by atoms with van der Waals surface area (Å²) in [5.74, 6) is 1.24. The third-order valence-corrected chi connectivity index (χ3v) is 4.48. The predicted octanol–water partition coefficient (Wildman–Crippen LogP) is 4.99. The van der Waals surface area contributed by atoms with Crippen molar-refractivity contribution in [2.45, 2.75) is 20.8 Å². The van der Waals surface area contributed by atoms with E-state index in [9.17, 15) is 4.79 Å². The Balaban J connectivity index is 2.00. The van der Waals surface area contributed by atoms with E-state index in [1.807, 2.05) is 45.0 Å². The molecular formula is C22H22BrNO5. The van der Waals surface area contributed by atoms with Gasteiger partial charge in [0.05, 0.1) is 19.8 Å². The summed E-state index contributed by atoms with van der Waals surface area (Å²) in [4.78, 5) is 16.7. The minimum Gasteiger partial charge on any atom is -0.490 e. The highest BCUT2D eigenvalue weighted by atomic mass is 79.9. The smallest absolute Gasteiger partial charge is 0.363 e. The van der Waals surface area contributed by atoms with Gasteiger partial charge in [0.2, 0.25) is 11.6 Å². The normalized spacial score (nSPS) is 14.6. The lowest BCUT2D eigenvalue weighted by Gasteiger charge is -2.16. The number of esters is 1. The number of nitrogens with zero attached hydrogens (tertiary/aromatic N) is 1. The molecule has 0 aromatic heterocycles. The molecule has 0 spiro atoms. The molecule has 152 valence electrons. The van der Waals surface area contributed by atoms with E-state index in [-0.39, 0.29) is 11.6 Å². The molecule has 29 heavy (non-hydrogen) atoms. The van der Waals surface area contributed by atoms with E-state index in [1.54, 1.807) is 18.2 Å². The molecule has 1 aliphatic rings. The molecule has 0 N–H and O–H groups in total. The van der Waals surface area contributed by atoms with E-state index in [1.165, 1.54) is 0 Å². The minimum atomic E-state index is -0.507. The first kappa shape index (κ1) is 20.9. The van der Waals surface area contributed by atoms with Gasteiger partial charge < -0.3 is 18.9 Å². The number of hydrogen-bond donors (Lipinski definition) is 0. The third-order valence-electron chi connectivity index (χ3n) is 3.95. The van der Waals surface area contributed by atoms with E-state index in [0.29, 0.717) is 42.6 Å². The SMILES string of the molecule is CCOc1cc(C2=N/C(=C\c3ccc(Br)cc3)C(=O)O2)cc(OCC)c1OCC. The van der Waals surface area contributed by atoms with E-state index >= 15 is 0 Å². The summed E-state index contributed by atoms with van der Waals surface area (Å²) in [6.07, 6.45) is 1.68. The van der Waals surface area contributed by atoms with Crippen molar-refractivity contribution in [2.75, 3.05) is 19.8 Å². The lowest BCUT2D eigenvalue weighted by Crippen LogP contribution is -2.08. The largest absolute Gasteiger partial charge is 0.490 e. The molecule has 2 aromatic rings. The molecular weight excluding hydrogens is 438 g/mol. The zero-order valence-corrected chi connectivity index (χ0v) is 18.1. The van der Waals surface area contributed by atoms with Crippen LogP contribution in [-0.4, -0.2) is 31.7 Å². The van der Waals surface area contributed by atoms with Crippen LogP contribution in [0.3, 0.4) is 0 Å². The first-order chi connectivity index (χ1) is 14.0. The number of hydrogen-bond acceptors (Lipinski definition) is 6. The van der Waals surface area contributed by atoms with Crippen LogP contribution in [0, 0.1) is 0 Å². The average Bonchev–Trinajstić information content (AvgIpc) is 3.07. The maximum atomic E-state index is 12.3. The lowest BCUT2D eigenvalue weighted by atomic mass is 10.1. The number of aliphatic imine (C=N–C) groups is 1. The van der Waals surface area contributed by atoms with Gasteiger partial charge in [0.1, 0.15) is 0 Å². The fraction of sp³-hybridized carbons (Fsp3) is 0.273. The molecule has 6 nitrogen and oxygen atoms in total. The van der Waals surface area contributed by atoms with Crippen LogP contribution in [0.1, 0.15) is 31.9 Å². The molecule has 7 heteroatoms. The van der Waals surface area contributed by atoms with Gasteiger partial charge in [0.25, 0.3) is 0 Å². The Morgan fingerprint density at radius 3 is 2.10 bits per heavy atom. The topological polar surface area (TPSA) is 66.4 Å². The summed E-state index contributed by atoms with van der Waals surface area (Å²) in [6.45, 7) is 7.03. The van der Waals surface area contributed by atoms with Gasteiger partial charge >= 0.3 is 5.97 Å². The molecule has 0 unspecified atom stereocenters. The minimum absolute atomic E-state index is 0.198. The zero-order chi connectivity index (χ0) is 20.8. The first-order valence-electron chi connectivity index (χ1n) is 9.40. The Bertz CT molecular complexity index is 923. The molecule has 0 radical (unpaired) electrons. The van der Waals surface area contributed by atoms with Crippen LogP contribution in [0.5, 0.6) is 17.2 Å². The van der Waals surface area contributed by atoms with E-state index < -0.39 is 5.97 Å². The molecule has 0 saturated heterocycles. The van der Waals surface area contributed by atoms with Gasteiger partial charge in [-0.05, 0) is 56.7 Å². The Hall–Kier alpha value is -2.80. The van der Waals surface area contributed by atoms with Gasteiger partial charge in [-0.1, -0.05) is 28.1 Å². The predicted molar refractivity (Wildman–Crippen MR) is 115 cm³/mol. The molecule has 0 atom stereocenters. The summed E-state index contributed by atoms with van der Waals surface area (Å²) in [7, 11) is 0. The van der Waals surface area contributed by atoms with Crippen LogP contribution >= 0.6 is 15.9 Å². The van der Waals surface area contributed by atoms with Crippen molar-refractivity contribution in [1.82, 2.24) is 0 Å². The monoisotopic (exact) mass is 459 g/mol. The molecule has 0 fully saturated rings. The Labute approximate surface area is 178 Å². The van der Waals surface area contributed by atoms with Crippen molar-refractivity contribution in [3.63, 3.8) is 0 Å². The van der Waals surface area contributed by atoms with Crippen LogP contribution in [0.2, 0.25) is 0 Å². The average molecular weight is 460 g/mol. The van der Waals surface area contributed by atoms with Crippen LogP contribution in [-0.2, 0) is 9.53 Å². The van der Waals surface area contributed by atoms with E-state index in [2.05, 4.69) is 20.9 Å². The van der Waals surface area contributed by atoms with Gasteiger partial charge in [-0.3, -0.25) is 0 Å². The third kappa shape index (κ3) is 4.98. The second-order valence-electron chi connectivity index (χ2n) is 5.99. The second kappa shape index (κ2) is 9.60.